The standard InChI is InChI=1S/C16H15F2N3O4/c1-25-7-6-19-15-5-3-11(21(23)24)9-12(15)16(22)20-10-2-4-13(17)14(18)8-10/h2-5,8-9,19H,6-7H2,1H3,(H,20,22). The Hall–Kier alpha value is -3.07. The highest BCUT2D eigenvalue weighted by molar-refractivity contribution is 6.08. The van der Waals surface area contributed by atoms with Crippen molar-refractivity contribution in [3.63, 3.8) is 0 Å². The van der Waals surface area contributed by atoms with Crippen LogP contribution in [0.5, 0.6) is 0 Å². The van der Waals surface area contributed by atoms with Gasteiger partial charge in [-0.3, -0.25) is 14.9 Å². The van der Waals surface area contributed by atoms with Gasteiger partial charge in [-0.05, 0) is 18.2 Å². The molecule has 0 atom stereocenters. The molecular formula is C16H15F2N3O4. The van der Waals surface area contributed by atoms with Crippen LogP contribution in [0.4, 0.5) is 25.8 Å². The predicted octanol–water partition coefficient (Wildman–Crippen LogP) is 3.18. The number of nitrogens with zero attached hydrogens (tertiary/aromatic N) is 1. The van der Waals surface area contributed by atoms with Gasteiger partial charge in [-0.25, -0.2) is 8.78 Å². The van der Waals surface area contributed by atoms with Gasteiger partial charge in [0.05, 0.1) is 17.1 Å². The van der Waals surface area contributed by atoms with Crippen LogP contribution < -0.4 is 10.6 Å². The van der Waals surface area contributed by atoms with Crippen LogP contribution in [-0.4, -0.2) is 31.1 Å². The topological polar surface area (TPSA) is 93.5 Å². The molecule has 0 bridgehead atoms. The maximum Gasteiger partial charge on any atom is 0.270 e. The summed E-state index contributed by atoms with van der Waals surface area (Å²) in [6, 6.07) is 6.63. The summed E-state index contributed by atoms with van der Waals surface area (Å²) in [4.78, 5) is 22.7. The number of benzene rings is 2. The highest BCUT2D eigenvalue weighted by Gasteiger charge is 2.17. The minimum atomic E-state index is -1.12. The maximum atomic E-state index is 13.2. The number of nitrogens with one attached hydrogen (secondary N) is 2. The number of carbonyl (C=O) groups is 1. The molecule has 0 radical (unpaired) electrons. The monoisotopic (exact) mass is 351 g/mol. The summed E-state index contributed by atoms with van der Waals surface area (Å²) in [6.07, 6.45) is 0. The molecule has 9 heteroatoms. The molecule has 2 rings (SSSR count). The molecule has 2 N–H and O–H groups in total. The number of amides is 1. The zero-order valence-corrected chi connectivity index (χ0v) is 13.2. The molecule has 0 aliphatic heterocycles. The molecule has 7 nitrogen and oxygen atoms in total. The lowest BCUT2D eigenvalue weighted by atomic mass is 10.1. The van der Waals surface area contributed by atoms with E-state index in [4.69, 9.17) is 4.74 Å². The largest absolute Gasteiger partial charge is 0.383 e. The molecule has 0 unspecified atom stereocenters. The van der Waals surface area contributed by atoms with E-state index in [0.29, 0.717) is 18.8 Å². The molecule has 1 amide bonds. The van der Waals surface area contributed by atoms with Crippen LogP contribution in [0, 0.1) is 21.7 Å². The van der Waals surface area contributed by atoms with E-state index < -0.39 is 22.5 Å². The van der Waals surface area contributed by atoms with E-state index in [1.165, 1.54) is 25.3 Å². The van der Waals surface area contributed by atoms with Gasteiger partial charge in [0.25, 0.3) is 11.6 Å². The predicted molar refractivity (Wildman–Crippen MR) is 87.8 cm³/mol. The number of carbonyl (C=O) groups excluding carboxylic acids is 1. The SMILES string of the molecule is COCCNc1ccc([N+](=O)[O-])cc1C(=O)Nc1ccc(F)c(F)c1. The van der Waals surface area contributed by atoms with Gasteiger partial charge in [-0.2, -0.15) is 0 Å². The Bertz CT molecular complexity index is 799. The van der Waals surface area contributed by atoms with Crippen molar-refractivity contribution in [1.29, 1.82) is 0 Å². The molecule has 25 heavy (non-hydrogen) atoms. The highest BCUT2D eigenvalue weighted by atomic mass is 19.2. The molecule has 0 saturated heterocycles. The summed E-state index contributed by atoms with van der Waals surface area (Å²) < 4.78 is 31.1. The maximum absolute atomic E-state index is 13.2. The van der Waals surface area contributed by atoms with Crippen molar-refractivity contribution in [3.8, 4) is 0 Å². The number of anilines is 2. The van der Waals surface area contributed by atoms with E-state index >= 15 is 0 Å². The third-order valence-corrected chi connectivity index (χ3v) is 3.26. The van der Waals surface area contributed by atoms with Crippen LogP contribution in [0.15, 0.2) is 36.4 Å². The Balaban J connectivity index is 2.29. The number of non-ortho nitro benzene ring substituents is 1. The summed E-state index contributed by atoms with van der Waals surface area (Å²) in [5.74, 6) is -2.86. The van der Waals surface area contributed by atoms with E-state index in [0.717, 1.165) is 18.2 Å². The van der Waals surface area contributed by atoms with E-state index in [1.807, 2.05) is 0 Å². The fourth-order valence-electron chi connectivity index (χ4n) is 2.05. The van der Waals surface area contributed by atoms with Crippen molar-refractivity contribution in [2.45, 2.75) is 0 Å². The molecule has 132 valence electrons. The minimum absolute atomic E-state index is 0.00460. The fourth-order valence-corrected chi connectivity index (χ4v) is 2.05. The summed E-state index contributed by atoms with van der Waals surface area (Å²) in [6.45, 7) is 0.737. The number of methoxy groups -OCH3 is 1. The van der Waals surface area contributed by atoms with E-state index in [2.05, 4.69) is 10.6 Å². The third-order valence-electron chi connectivity index (χ3n) is 3.26. The summed E-state index contributed by atoms with van der Waals surface area (Å²) in [5, 5.41) is 16.2. The van der Waals surface area contributed by atoms with E-state index in [9.17, 15) is 23.7 Å². The lowest BCUT2D eigenvalue weighted by Gasteiger charge is -2.12. The molecule has 0 heterocycles. The molecule has 2 aromatic carbocycles. The Morgan fingerprint density at radius 1 is 1.20 bits per heavy atom. The molecule has 0 saturated carbocycles. The molecule has 0 spiro atoms. The van der Waals surface area contributed by atoms with Crippen LogP contribution in [0.3, 0.4) is 0 Å². The first-order valence-electron chi connectivity index (χ1n) is 7.20. The average Bonchev–Trinajstić information content (AvgIpc) is 2.58. The van der Waals surface area contributed by atoms with Crippen LogP contribution in [0.2, 0.25) is 0 Å². The molecule has 0 aliphatic rings. The number of rotatable bonds is 7. The van der Waals surface area contributed by atoms with Gasteiger partial charge in [0.15, 0.2) is 11.6 Å². The number of hydrogen-bond donors (Lipinski definition) is 2. The second-order valence-electron chi connectivity index (χ2n) is 4.99. The van der Waals surface area contributed by atoms with Crippen molar-refractivity contribution < 1.29 is 23.2 Å². The minimum Gasteiger partial charge on any atom is -0.383 e. The van der Waals surface area contributed by atoms with Crippen LogP contribution in [0.25, 0.3) is 0 Å². The molecule has 0 aromatic heterocycles. The van der Waals surface area contributed by atoms with Crippen molar-refractivity contribution in [3.05, 3.63) is 63.7 Å². The Labute approximate surface area is 141 Å². The lowest BCUT2D eigenvalue weighted by Crippen LogP contribution is -2.17. The second kappa shape index (κ2) is 8.15. The lowest BCUT2D eigenvalue weighted by molar-refractivity contribution is -0.384. The van der Waals surface area contributed by atoms with Crippen LogP contribution in [0.1, 0.15) is 10.4 Å². The van der Waals surface area contributed by atoms with Crippen LogP contribution in [-0.2, 0) is 4.74 Å². The van der Waals surface area contributed by atoms with Gasteiger partial charge >= 0.3 is 0 Å². The van der Waals surface area contributed by atoms with E-state index in [-0.39, 0.29) is 16.9 Å². The van der Waals surface area contributed by atoms with Gasteiger partial charge in [0, 0.05) is 43.2 Å². The van der Waals surface area contributed by atoms with Gasteiger partial charge in [-0.1, -0.05) is 0 Å². The zero-order valence-electron chi connectivity index (χ0n) is 13.2. The first kappa shape index (κ1) is 18.3. The number of nitro groups is 1. The first-order valence-corrected chi connectivity index (χ1v) is 7.20. The number of nitro benzene ring substituents is 1. The van der Waals surface area contributed by atoms with Crippen molar-refractivity contribution in [1.82, 2.24) is 0 Å². The fraction of sp³-hybridized carbons (Fsp3) is 0.188. The normalized spacial score (nSPS) is 10.4. The second-order valence-corrected chi connectivity index (χ2v) is 4.99. The molecule has 0 fully saturated rings. The van der Waals surface area contributed by atoms with Crippen molar-refractivity contribution in [2.75, 3.05) is 30.9 Å². The average molecular weight is 351 g/mol. The van der Waals surface area contributed by atoms with E-state index in [1.54, 1.807) is 0 Å². The first-order chi connectivity index (χ1) is 11.9. The Kier molecular flexibility index (Phi) is 5.96. The van der Waals surface area contributed by atoms with Crippen LogP contribution >= 0.6 is 0 Å². The Morgan fingerprint density at radius 2 is 1.96 bits per heavy atom. The highest BCUT2D eigenvalue weighted by Crippen LogP contribution is 2.24. The molecule has 2 aromatic rings. The van der Waals surface area contributed by atoms with Gasteiger partial charge in [0.2, 0.25) is 0 Å². The number of hydrogen-bond acceptors (Lipinski definition) is 5. The van der Waals surface area contributed by atoms with Gasteiger partial charge < -0.3 is 15.4 Å². The molecule has 0 aliphatic carbocycles. The summed E-state index contributed by atoms with van der Waals surface area (Å²) in [7, 11) is 1.51. The third kappa shape index (κ3) is 4.70. The summed E-state index contributed by atoms with van der Waals surface area (Å²) >= 11 is 0. The Morgan fingerprint density at radius 3 is 2.60 bits per heavy atom. The number of ether oxygens (including phenoxy) is 1. The number of halogens is 2. The van der Waals surface area contributed by atoms with Gasteiger partial charge in [0.1, 0.15) is 0 Å². The van der Waals surface area contributed by atoms with Gasteiger partial charge in [-0.15, -0.1) is 0 Å². The zero-order chi connectivity index (χ0) is 18.4. The summed E-state index contributed by atoms with van der Waals surface area (Å²) in [5.41, 5.74) is 0.101. The van der Waals surface area contributed by atoms with Crippen molar-refractivity contribution in [2.24, 2.45) is 0 Å². The van der Waals surface area contributed by atoms with Crippen molar-refractivity contribution >= 4 is 23.0 Å². The quantitative estimate of drug-likeness (QED) is 0.454. The molecular weight excluding hydrogens is 336 g/mol. The smallest absolute Gasteiger partial charge is 0.270 e.